The summed E-state index contributed by atoms with van der Waals surface area (Å²) < 4.78 is 29.7. The Labute approximate surface area is 174 Å². The molecule has 0 amide bonds. The van der Waals surface area contributed by atoms with Crippen molar-refractivity contribution in [2.75, 3.05) is 26.2 Å². The van der Waals surface area contributed by atoms with E-state index in [1.165, 1.54) is 5.56 Å². The molecular weight excluding hydrogens is 400 g/mol. The van der Waals surface area contributed by atoms with E-state index in [1.54, 1.807) is 35.0 Å². The molecule has 9 heteroatoms. The molecule has 1 N–H and O–H groups in total. The van der Waals surface area contributed by atoms with Crippen molar-refractivity contribution in [1.82, 2.24) is 29.0 Å². The summed E-state index contributed by atoms with van der Waals surface area (Å²) in [5, 5.41) is 4.88. The molecule has 0 spiro atoms. The standard InChI is InChI=1S/C21H22N6O2S/c28-30(29,20-15-23-21-19(20)3-1-8-22-21)26-13-11-25(12-14-26)16-17-4-6-18(7-5-17)27-10-2-9-24-27/h1-10,15H,11-14,16H2,(H,22,23). The van der Waals surface area contributed by atoms with Crippen molar-refractivity contribution >= 4 is 21.1 Å². The molecule has 0 radical (unpaired) electrons. The number of piperazine rings is 1. The van der Waals surface area contributed by atoms with Crippen LogP contribution in [0.3, 0.4) is 0 Å². The van der Waals surface area contributed by atoms with Crippen molar-refractivity contribution in [1.29, 1.82) is 0 Å². The summed E-state index contributed by atoms with van der Waals surface area (Å²) in [7, 11) is -3.55. The first kappa shape index (κ1) is 19.0. The number of rotatable bonds is 5. The molecule has 0 aliphatic carbocycles. The molecule has 5 rings (SSSR count). The molecule has 1 aliphatic heterocycles. The van der Waals surface area contributed by atoms with E-state index in [0.29, 0.717) is 42.1 Å². The number of benzene rings is 1. The Bertz CT molecular complexity index is 1240. The highest BCUT2D eigenvalue weighted by molar-refractivity contribution is 7.89. The first-order valence-electron chi connectivity index (χ1n) is 9.85. The molecule has 0 atom stereocenters. The molecule has 1 saturated heterocycles. The minimum Gasteiger partial charge on any atom is -0.345 e. The highest BCUT2D eigenvalue weighted by Gasteiger charge is 2.30. The number of aromatic nitrogens is 4. The molecule has 1 aromatic carbocycles. The van der Waals surface area contributed by atoms with Gasteiger partial charge in [0.15, 0.2) is 0 Å². The lowest BCUT2D eigenvalue weighted by molar-refractivity contribution is 0.181. The van der Waals surface area contributed by atoms with E-state index in [4.69, 9.17) is 0 Å². The highest BCUT2D eigenvalue weighted by atomic mass is 32.2. The van der Waals surface area contributed by atoms with Gasteiger partial charge < -0.3 is 4.98 Å². The smallest absolute Gasteiger partial charge is 0.245 e. The van der Waals surface area contributed by atoms with Crippen LogP contribution in [-0.2, 0) is 16.6 Å². The number of hydrogen-bond acceptors (Lipinski definition) is 5. The van der Waals surface area contributed by atoms with Crippen molar-refractivity contribution in [3.63, 3.8) is 0 Å². The van der Waals surface area contributed by atoms with Gasteiger partial charge in [-0.15, -0.1) is 0 Å². The number of H-pyrrole nitrogens is 1. The molecular formula is C21H22N6O2S. The van der Waals surface area contributed by atoms with Crippen LogP contribution < -0.4 is 0 Å². The molecule has 0 saturated carbocycles. The number of nitrogens with zero attached hydrogens (tertiary/aromatic N) is 5. The maximum Gasteiger partial charge on any atom is 0.245 e. The zero-order valence-corrected chi connectivity index (χ0v) is 17.2. The molecule has 4 aromatic rings. The van der Waals surface area contributed by atoms with Gasteiger partial charge in [0.1, 0.15) is 10.5 Å². The van der Waals surface area contributed by atoms with Crippen LogP contribution in [0, 0.1) is 0 Å². The van der Waals surface area contributed by atoms with Gasteiger partial charge in [-0.05, 0) is 35.9 Å². The Hall–Kier alpha value is -3.01. The van der Waals surface area contributed by atoms with Gasteiger partial charge in [0.05, 0.1) is 5.69 Å². The number of sulfonamides is 1. The Kier molecular flexibility index (Phi) is 4.86. The number of hydrogen-bond donors (Lipinski definition) is 1. The molecule has 3 aromatic heterocycles. The summed E-state index contributed by atoms with van der Waals surface area (Å²) in [5.41, 5.74) is 2.81. The maximum absolute atomic E-state index is 13.1. The fraction of sp³-hybridized carbons (Fsp3) is 0.238. The third kappa shape index (κ3) is 3.51. The molecule has 0 unspecified atom stereocenters. The monoisotopic (exact) mass is 422 g/mol. The largest absolute Gasteiger partial charge is 0.345 e. The first-order chi connectivity index (χ1) is 14.6. The molecule has 4 heterocycles. The van der Waals surface area contributed by atoms with Crippen LogP contribution in [0.2, 0.25) is 0 Å². The summed E-state index contributed by atoms with van der Waals surface area (Å²) >= 11 is 0. The fourth-order valence-corrected chi connectivity index (χ4v) is 5.42. The summed E-state index contributed by atoms with van der Waals surface area (Å²) in [6.45, 7) is 3.13. The van der Waals surface area contributed by atoms with E-state index in [9.17, 15) is 8.42 Å². The molecule has 8 nitrogen and oxygen atoms in total. The lowest BCUT2D eigenvalue weighted by Gasteiger charge is -2.33. The predicted molar refractivity (Wildman–Crippen MR) is 114 cm³/mol. The predicted octanol–water partition coefficient (Wildman–Crippen LogP) is 2.26. The zero-order valence-electron chi connectivity index (χ0n) is 16.3. The first-order valence-corrected chi connectivity index (χ1v) is 11.3. The second-order valence-electron chi connectivity index (χ2n) is 7.35. The third-order valence-electron chi connectivity index (χ3n) is 5.47. The van der Waals surface area contributed by atoms with Gasteiger partial charge >= 0.3 is 0 Å². The van der Waals surface area contributed by atoms with Crippen molar-refractivity contribution in [2.24, 2.45) is 0 Å². The van der Waals surface area contributed by atoms with E-state index in [2.05, 4.69) is 32.1 Å². The number of fused-ring (bicyclic) bond motifs is 1. The second kappa shape index (κ2) is 7.67. The summed E-state index contributed by atoms with van der Waals surface area (Å²) in [6, 6.07) is 13.7. The molecule has 1 fully saturated rings. The van der Waals surface area contributed by atoms with Crippen LogP contribution in [0.5, 0.6) is 0 Å². The van der Waals surface area contributed by atoms with Gasteiger partial charge in [-0.1, -0.05) is 12.1 Å². The van der Waals surface area contributed by atoms with Crippen molar-refractivity contribution in [3.8, 4) is 5.69 Å². The normalized spacial score (nSPS) is 16.3. The number of nitrogens with one attached hydrogen (secondary N) is 1. The minimum atomic E-state index is -3.55. The summed E-state index contributed by atoms with van der Waals surface area (Å²) in [6.07, 6.45) is 6.86. The number of pyridine rings is 1. The Morgan fingerprint density at radius 1 is 0.967 bits per heavy atom. The van der Waals surface area contributed by atoms with Crippen LogP contribution in [0.4, 0.5) is 0 Å². The second-order valence-corrected chi connectivity index (χ2v) is 9.26. The van der Waals surface area contributed by atoms with E-state index < -0.39 is 10.0 Å². The third-order valence-corrected chi connectivity index (χ3v) is 7.41. The van der Waals surface area contributed by atoms with Crippen molar-refractivity contribution in [3.05, 3.63) is 72.8 Å². The molecule has 0 bridgehead atoms. The Morgan fingerprint density at radius 3 is 2.50 bits per heavy atom. The quantitative estimate of drug-likeness (QED) is 0.533. The molecule has 1 aliphatic rings. The van der Waals surface area contributed by atoms with E-state index >= 15 is 0 Å². The lowest BCUT2D eigenvalue weighted by Crippen LogP contribution is -2.48. The van der Waals surface area contributed by atoms with Crippen LogP contribution in [0.1, 0.15) is 5.56 Å². The molecule has 154 valence electrons. The summed E-state index contributed by atoms with van der Waals surface area (Å²) in [4.78, 5) is 9.73. The van der Waals surface area contributed by atoms with Crippen LogP contribution in [0.15, 0.2) is 72.1 Å². The Balaban J connectivity index is 1.24. The van der Waals surface area contributed by atoms with Gasteiger partial charge in [0, 0.05) is 62.9 Å². The Morgan fingerprint density at radius 2 is 1.77 bits per heavy atom. The van der Waals surface area contributed by atoms with E-state index in [0.717, 1.165) is 12.2 Å². The van der Waals surface area contributed by atoms with E-state index in [-0.39, 0.29) is 0 Å². The SMILES string of the molecule is O=S(=O)(c1c[nH]c2ncccc12)N1CCN(Cc2ccc(-n3cccn3)cc2)CC1. The van der Waals surface area contributed by atoms with Gasteiger partial charge in [-0.25, -0.2) is 18.1 Å². The van der Waals surface area contributed by atoms with E-state index in [1.807, 2.05) is 29.1 Å². The van der Waals surface area contributed by atoms with Gasteiger partial charge in [-0.3, -0.25) is 4.90 Å². The average Bonchev–Trinajstić information content (AvgIpc) is 3.45. The number of aromatic amines is 1. The van der Waals surface area contributed by atoms with Gasteiger partial charge in [0.2, 0.25) is 10.0 Å². The maximum atomic E-state index is 13.1. The van der Waals surface area contributed by atoms with Crippen molar-refractivity contribution in [2.45, 2.75) is 11.4 Å². The van der Waals surface area contributed by atoms with Crippen LogP contribution in [0.25, 0.3) is 16.7 Å². The zero-order chi connectivity index (χ0) is 20.6. The van der Waals surface area contributed by atoms with Gasteiger partial charge in [-0.2, -0.15) is 9.40 Å². The lowest BCUT2D eigenvalue weighted by atomic mass is 10.2. The fourth-order valence-electron chi connectivity index (χ4n) is 3.85. The van der Waals surface area contributed by atoms with Crippen molar-refractivity contribution < 1.29 is 8.42 Å². The average molecular weight is 423 g/mol. The van der Waals surface area contributed by atoms with Crippen LogP contribution >= 0.6 is 0 Å². The highest BCUT2D eigenvalue weighted by Crippen LogP contribution is 2.25. The summed E-state index contributed by atoms with van der Waals surface area (Å²) in [5.74, 6) is 0. The van der Waals surface area contributed by atoms with Gasteiger partial charge in [0.25, 0.3) is 0 Å². The van der Waals surface area contributed by atoms with Crippen LogP contribution in [-0.4, -0.2) is 63.6 Å². The molecule has 30 heavy (non-hydrogen) atoms. The minimum absolute atomic E-state index is 0.299. The topological polar surface area (TPSA) is 87.1 Å².